The van der Waals surface area contributed by atoms with Crippen molar-refractivity contribution in [2.45, 2.75) is 38.3 Å². The number of hydrogen-bond acceptors (Lipinski definition) is 3. The van der Waals surface area contributed by atoms with Crippen LogP contribution < -0.4 is 11.1 Å². The molecule has 1 saturated carbocycles. The molecule has 3 rings (SSSR count). The first kappa shape index (κ1) is 16.2. The average molecular weight is 377 g/mol. The first-order valence-electron chi connectivity index (χ1n) is 7.94. The Labute approximate surface area is 144 Å². The van der Waals surface area contributed by atoms with E-state index in [1.165, 1.54) is 0 Å². The second-order valence-corrected chi connectivity index (χ2v) is 7.03. The van der Waals surface area contributed by atoms with Gasteiger partial charge in [0, 0.05) is 28.8 Å². The summed E-state index contributed by atoms with van der Waals surface area (Å²) in [5, 5.41) is 2.96. The van der Waals surface area contributed by atoms with E-state index in [2.05, 4.69) is 38.4 Å². The van der Waals surface area contributed by atoms with Gasteiger partial charge in [0.15, 0.2) is 0 Å². The maximum Gasteiger partial charge on any atom is 0.229 e. The van der Waals surface area contributed by atoms with Crippen LogP contribution in [0.3, 0.4) is 0 Å². The van der Waals surface area contributed by atoms with Crippen molar-refractivity contribution in [3.63, 3.8) is 0 Å². The van der Waals surface area contributed by atoms with Gasteiger partial charge < -0.3 is 10.3 Å². The predicted molar refractivity (Wildman–Crippen MR) is 94.0 cm³/mol. The molecule has 1 aliphatic carbocycles. The van der Waals surface area contributed by atoms with Crippen molar-refractivity contribution in [1.82, 2.24) is 9.55 Å². The Hall–Kier alpha value is -1.66. The van der Waals surface area contributed by atoms with Gasteiger partial charge in [0.2, 0.25) is 11.9 Å². The monoisotopic (exact) mass is 376 g/mol. The minimum Gasteiger partial charge on any atom is -0.328 e. The summed E-state index contributed by atoms with van der Waals surface area (Å²) in [5.74, 6) is 0.622. The molecular weight excluding hydrogens is 356 g/mol. The van der Waals surface area contributed by atoms with Gasteiger partial charge in [-0.1, -0.05) is 34.5 Å². The van der Waals surface area contributed by atoms with Crippen LogP contribution in [0.2, 0.25) is 0 Å². The number of aromatic nitrogens is 2. The van der Waals surface area contributed by atoms with Gasteiger partial charge in [-0.15, -0.1) is 0 Å². The Morgan fingerprint density at radius 3 is 2.87 bits per heavy atom. The lowest BCUT2D eigenvalue weighted by atomic mass is 9.85. The molecule has 23 heavy (non-hydrogen) atoms. The summed E-state index contributed by atoms with van der Waals surface area (Å²) in [6.45, 7) is 0.674. The van der Waals surface area contributed by atoms with Gasteiger partial charge >= 0.3 is 0 Å². The summed E-state index contributed by atoms with van der Waals surface area (Å²) in [7, 11) is 0. The number of anilines is 1. The zero-order chi connectivity index (χ0) is 16.2. The topological polar surface area (TPSA) is 72.9 Å². The summed E-state index contributed by atoms with van der Waals surface area (Å²) >= 11 is 3.43. The molecule has 1 heterocycles. The number of benzene rings is 1. The summed E-state index contributed by atoms with van der Waals surface area (Å²) in [5.41, 5.74) is 7.13. The summed E-state index contributed by atoms with van der Waals surface area (Å²) in [6, 6.07) is 8.26. The lowest BCUT2D eigenvalue weighted by Gasteiger charge is -2.25. The van der Waals surface area contributed by atoms with Crippen molar-refractivity contribution in [1.29, 1.82) is 0 Å². The van der Waals surface area contributed by atoms with E-state index in [0.29, 0.717) is 12.5 Å². The Morgan fingerprint density at radius 1 is 1.35 bits per heavy atom. The average Bonchev–Trinajstić information content (AvgIpc) is 2.96. The quantitative estimate of drug-likeness (QED) is 0.860. The number of nitrogens with one attached hydrogen (secondary N) is 1. The van der Waals surface area contributed by atoms with Gasteiger partial charge in [-0.05, 0) is 37.0 Å². The summed E-state index contributed by atoms with van der Waals surface area (Å²) in [6.07, 6.45) is 7.30. The standard InChI is InChI=1S/C17H21BrN4O/c18-14-6-4-12(5-7-14)11-22-9-8-20-17(22)21-16(23)13-2-1-3-15(19)10-13/h4-9,13,15H,1-3,10-11,19H2,(H,20,21,23). The summed E-state index contributed by atoms with van der Waals surface area (Å²) < 4.78 is 3.00. The zero-order valence-electron chi connectivity index (χ0n) is 12.9. The number of amides is 1. The second-order valence-electron chi connectivity index (χ2n) is 6.12. The number of hydrogen-bond donors (Lipinski definition) is 2. The Bertz CT molecular complexity index is 667. The fraction of sp³-hybridized carbons (Fsp3) is 0.412. The van der Waals surface area contributed by atoms with Crippen LogP contribution in [0.4, 0.5) is 5.95 Å². The van der Waals surface area contributed by atoms with Crippen LogP contribution in [-0.2, 0) is 11.3 Å². The molecular formula is C17H21BrN4O. The van der Waals surface area contributed by atoms with Gasteiger partial charge in [-0.2, -0.15) is 0 Å². The third-order valence-corrected chi connectivity index (χ3v) is 4.83. The third-order valence-electron chi connectivity index (χ3n) is 4.30. The number of carbonyl (C=O) groups is 1. The van der Waals surface area contributed by atoms with E-state index < -0.39 is 0 Å². The van der Waals surface area contributed by atoms with E-state index in [0.717, 1.165) is 35.7 Å². The molecule has 1 aromatic carbocycles. The fourth-order valence-electron chi connectivity index (χ4n) is 3.03. The highest BCUT2D eigenvalue weighted by Crippen LogP contribution is 2.24. The van der Waals surface area contributed by atoms with E-state index in [9.17, 15) is 4.79 Å². The first-order valence-corrected chi connectivity index (χ1v) is 8.73. The maximum atomic E-state index is 12.4. The van der Waals surface area contributed by atoms with Crippen LogP contribution in [-0.4, -0.2) is 21.5 Å². The predicted octanol–water partition coefficient (Wildman–Crippen LogP) is 3.15. The molecule has 0 aliphatic heterocycles. The highest BCUT2D eigenvalue weighted by Gasteiger charge is 2.26. The molecule has 1 aromatic heterocycles. The molecule has 2 atom stereocenters. The van der Waals surface area contributed by atoms with Crippen LogP contribution in [0.5, 0.6) is 0 Å². The van der Waals surface area contributed by atoms with Gasteiger partial charge in [0.1, 0.15) is 0 Å². The molecule has 1 amide bonds. The van der Waals surface area contributed by atoms with Gasteiger partial charge in [-0.3, -0.25) is 10.1 Å². The van der Waals surface area contributed by atoms with Crippen molar-refractivity contribution in [2.75, 3.05) is 5.32 Å². The number of nitrogens with two attached hydrogens (primary N) is 1. The molecule has 1 aliphatic rings. The molecule has 5 nitrogen and oxygen atoms in total. The lowest BCUT2D eigenvalue weighted by molar-refractivity contribution is -0.121. The van der Waals surface area contributed by atoms with Gasteiger partial charge in [0.25, 0.3) is 0 Å². The van der Waals surface area contributed by atoms with Gasteiger partial charge in [0.05, 0.1) is 6.54 Å². The number of carbonyl (C=O) groups excluding carboxylic acids is 1. The molecule has 2 unspecified atom stereocenters. The van der Waals surface area contributed by atoms with E-state index in [1.807, 2.05) is 22.9 Å². The van der Waals surface area contributed by atoms with E-state index in [-0.39, 0.29) is 17.9 Å². The number of nitrogens with zero attached hydrogens (tertiary/aromatic N) is 2. The smallest absolute Gasteiger partial charge is 0.229 e. The molecule has 2 aromatic rings. The third kappa shape index (κ3) is 4.20. The molecule has 3 N–H and O–H groups in total. The minimum atomic E-state index is -0.00317. The van der Waals surface area contributed by atoms with Crippen LogP contribution in [0.25, 0.3) is 0 Å². The molecule has 0 bridgehead atoms. The van der Waals surface area contributed by atoms with Crippen molar-refractivity contribution in [2.24, 2.45) is 11.7 Å². The van der Waals surface area contributed by atoms with Crippen LogP contribution in [0.15, 0.2) is 41.1 Å². The fourth-order valence-corrected chi connectivity index (χ4v) is 3.29. The van der Waals surface area contributed by atoms with Crippen LogP contribution in [0.1, 0.15) is 31.2 Å². The number of rotatable bonds is 4. The minimum absolute atomic E-state index is 0.00317. The normalized spacial score (nSPS) is 21.1. The Balaban J connectivity index is 1.66. The highest BCUT2D eigenvalue weighted by molar-refractivity contribution is 9.10. The van der Waals surface area contributed by atoms with Crippen molar-refractivity contribution >= 4 is 27.8 Å². The molecule has 0 radical (unpaired) electrons. The maximum absolute atomic E-state index is 12.4. The molecule has 0 saturated heterocycles. The molecule has 6 heteroatoms. The highest BCUT2D eigenvalue weighted by atomic mass is 79.9. The van der Waals surface area contributed by atoms with Gasteiger partial charge in [-0.25, -0.2) is 4.98 Å². The van der Waals surface area contributed by atoms with Crippen molar-refractivity contribution in [3.8, 4) is 0 Å². The van der Waals surface area contributed by atoms with E-state index >= 15 is 0 Å². The van der Waals surface area contributed by atoms with Crippen LogP contribution in [0, 0.1) is 5.92 Å². The number of halogens is 1. The molecule has 1 fully saturated rings. The SMILES string of the molecule is NC1CCCC(C(=O)Nc2nccn2Cc2ccc(Br)cc2)C1. The van der Waals surface area contributed by atoms with Crippen molar-refractivity contribution in [3.05, 3.63) is 46.7 Å². The second kappa shape index (κ2) is 7.27. The zero-order valence-corrected chi connectivity index (χ0v) is 14.5. The Morgan fingerprint density at radius 2 is 2.13 bits per heavy atom. The van der Waals surface area contributed by atoms with Crippen molar-refractivity contribution < 1.29 is 4.79 Å². The Kier molecular flexibility index (Phi) is 5.13. The van der Waals surface area contributed by atoms with E-state index in [4.69, 9.17) is 5.73 Å². The number of imidazole rings is 1. The molecule has 122 valence electrons. The largest absolute Gasteiger partial charge is 0.328 e. The lowest BCUT2D eigenvalue weighted by Crippen LogP contribution is -2.34. The van der Waals surface area contributed by atoms with Crippen LogP contribution >= 0.6 is 15.9 Å². The molecule has 0 spiro atoms. The van der Waals surface area contributed by atoms with E-state index in [1.54, 1.807) is 6.20 Å². The summed E-state index contributed by atoms with van der Waals surface area (Å²) in [4.78, 5) is 16.7. The first-order chi connectivity index (χ1) is 11.1.